The van der Waals surface area contributed by atoms with Crippen LogP contribution in [-0.4, -0.2) is 42.8 Å². The number of hydrogen-bond acceptors (Lipinski definition) is 6. The van der Waals surface area contributed by atoms with Crippen LogP contribution in [0.15, 0.2) is 36.8 Å². The summed E-state index contributed by atoms with van der Waals surface area (Å²) in [4.78, 5) is 25.4. The summed E-state index contributed by atoms with van der Waals surface area (Å²) < 4.78 is 7.67. The van der Waals surface area contributed by atoms with Crippen molar-refractivity contribution >= 4 is 11.7 Å². The van der Waals surface area contributed by atoms with Crippen LogP contribution in [0, 0.1) is 13.8 Å². The smallest absolute Gasteiger partial charge is 0.247 e. The van der Waals surface area contributed by atoms with Crippen LogP contribution < -0.4 is 5.32 Å². The molecule has 3 aromatic heterocycles. The molecule has 4 heterocycles. The highest BCUT2D eigenvalue weighted by Crippen LogP contribution is 2.36. The summed E-state index contributed by atoms with van der Waals surface area (Å²) in [7, 11) is 0. The lowest BCUT2D eigenvalue weighted by molar-refractivity contribution is -0.117. The normalized spacial score (nSPS) is 21.1. The molecule has 0 saturated carbocycles. The van der Waals surface area contributed by atoms with Gasteiger partial charge in [-0.25, -0.2) is 15.0 Å². The summed E-state index contributed by atoms with van der Waals surface area (Å²) in [6, 6.07) is 5.35. The summed E-state index contributed by atoms with van der Waals surface area (Å²) in [6.45, 7) is 8.45. The number of rotatable bonds is 5. The van der Waals surface area contributed by atoms with Crippen molar-refractivity contribution in [1.82, 2.24) is 24.7 Å². The summed E-state index contributed by atoms with van der Waals surface area (Å²) >= 11 is 0. The summed E-state index contributed by atoms with van der Waals surface area (Å²) in [5.41, 5.74) is 4.08. The molecule has 0 aliphatic carbocycles. The van der Waals surface area contributed by atoms with E-state index in [1.54, 1.807) is 35.4 Å². The highest BCUT2D eigenvalue weighted by molar-refractivity contribution is 5.89. The average Bonchev–Trinajstić information content (AvgIpc) is 3.01. The minimum atomic E-state index is -0.165. The fraction of sp³-hybridized carbons (Fsp3) is 0.435. The molecule has 4 rings (SSSR count). The topological polar surface area (TPSA) is 94.8 Å². The number of nitrogens with zero attached hydrogens (tertiary/aromatic N) is 5. The van der Waals surface area contributed by atoms with Gasteiger partial charge in [0.1, 0.15) is 12.4 Å². The third-order valence-electron chi connectivity index (χ3n) is 5.69. The highest BCUT2D eigenvalue weighted by Gasteiger charge is 2.30. The van der Waals surface area contributed by atoms with E-state index >= 15 is 0 Å². The maximum Gasteiger partial charge on any atom is 0.247 e. The minimum absolute atomic E-state index is 0.145. The Morgan fingerprint density at radius 3 is 2.48 bits per heavy atom. The second-order valence-corrected chi connectivity index (χ2v) is 8.22. The number of hydrogen-bond donors (Lipinski definition) is 1. The molecule has 162 valence electrons. The van der Waals surface area contributed by atoms with Crippen LogP contribution in [-0.2, 0) is 16.1 Å². The van der Waals surface area contributed by atoms with Crippen molar-refractivity contribution in [1.29, 1.82) is 0 Å². The molecule has 3 aromatic rings. The molecule has 0 spiro atoms. The van der Waals surface area contributed by atoms with Gasteiger partial charge in [0.05, 0.1) is 17.9 Å². The molecule has 1 aliphatic heterocycles. The highest BCUT2D eigenvalue weighted by atomic mass is 16.5. The van der Waals surface area contributed by atoms with Crippen molar-refractivity contribution in [2.45, 2.75) is 65.2 Å². The van der Waals surface area contributed by atoms with Crippen molar-refractivity contribution in [3.63, 3.8) is 0 Å². The van der Waals surface area contributed by atoms with Gasteiger partial charge < -0.3 is 10.1 Å². The van der Waals surface area contributed by atoms with Crippen molar-refractivity contribution in [3.8, 4) is 11.4 Å². The number of carbonyl (C=O) groups excluding carboxylic acids is 1. The van der Waals surface area contributed by atoms with Gasteiger partial charge in [0, 0.05) is 29.8 Å². The van der Waals surface area contributed by atoms with Crippen LogP contribution >= 0.6 is 0 Å². The maximum atomic E-state index is 12.6. The lowest BCUT2D eigenvalue weighted by Crippen LogP contribution is -2.28. The molecule has 31 heavy (non-hydrogen) atoms. The zero-order chi connectivity index (χ0) is 22.0. The number of nitrogens with one attached hydrogen (secondary N) is 1. The summed E-state index contributed by atoms with van der Waals surface area (Å²) in [5.74, 6) is 1.32. The number of aromatic nitrogens is 5. The molecule has 1 N–H and O–H groups in total. The van der Waals surface area contributed by atoms with Crippen LogP contribution in [0.2, 0.25) is 0 Å². The Kier molecular flexibility index (Phi) is 6.08. The molecule has 1 aliphatic rings. The van der Waals surface area contributed by atoms with Gasteiger partial charge in [0.15, 0.2) is 5.82 Å². The second kappa shape index (κ2) is 8.93. The lowest BCUT2D eigenvalue weighted by atomic mass is 9.85. The van der Waals surface area contributed by atoms with Crippen LogP contribution in [0.4, 0.5) is 5.82 Å². The van der Waals surface area contributed by atoms with Gasteiger partial charge in [-0.1, -0.05) is 0 Å². The quantitative estimate of drug-likeness (QED) is 0.677. The average molecular weight is 421 g/mol. The Balaban J connectivity index is 1.43. The molecule has 0 radical (unpaired) electrons. The first-order chi connectivity index (χ1) is 14.9. The summed E-state index contributed by atoms with van der Waals surface area (Å²) in [6.07, 6.45) is 7.44. The predicted octanol–water partition coefficient (Wildman–Crippen LogP) is 3.66. The number of anilines is 1. The molecule has 0 aromatic carbocycles. The van der Waals surface area contributed by atoms with E-state index in [1.165, 1.54) is 5.56 Å². The van der Waals surface area contributed by atoms with Gasteiger partial charge in [0.25, 0.3) is 0 Å². The van der Waals surface area contributed by atoms with Gasteiger partial charge in [0.2, 0.25) is 5.91 Å². The van der Waals surface area contributed by atoms with Gasteiger partial charge >= 0.3 is 0 Å². The Labute approximate surface area is 182 Å². The van der Waals surface area contributed by atoms with Crippen molar-refractivity contribution in [3.05, 3.63) is 53.7 Å². The van der Waals surface area contributed by atoms with Crippen molar-refractivity contribution in [2.24, 2.45) is 0 Å². The van der Waals surface area contributed by atoms with E-state index in [9.17, 15) is 4.79 Å². The molecule has 1 amide bonds. The molecule has 1 saturated heterocycles. The fourth-order valence-electron chi connectivity index (χ4n) is 4.46. The monoisotopic (exact) mass is 420 g/mol. The van der Waals surface area contributed by atoms with E-state index in [1.807, 2.05) is 19.9 Å². The molecule has 8 nitrogen and oxygen atoms in total. The van der Waals surface area contributed by atoms with E-state index < -0.39 is 0 Å². The number of ether oxygens (including phenoxy) is 1. The van der Waals surface area contributed by atoms with E-state index in [2.05, 4.69) is 39.2 Å². The van der Waals surface area contributed by atoms with Crippen LogP contribution in [0.3, 0.4) is 0 Å². The maximum absolute atomic E-state index is 12.6. The standard InChI is InChI=1S/C23H28N6O2/c1-14-10-19(11-15(2)31-14)22-16(3)28-29(17(22)4)13-21(30)27-20-7-6-18(12-26-20)23-24-8-5-9-25-23/h5-9,12,14-15,19H,10-11,13H2,1-4H3,(H,26,27,30). The van der Waals surface area contributed by atoms with Gasteiger partial charge in [-0.15, -0.1) is 0 Å². The molecular formula is C23H28N6O2. The van der Waals surface area contributed by atoms with E-state index in [0.29, 0.717) is 17.6 Å². The van der Waals surface area contributed by atoms with E-state index in [-0.39, 0.29) is 24.7 Å². The third-order valence-corrected chi connectivity index (χ3v) is 5.69. The van der Waals surface area contributed by atoms with Crippen LogP contribution in [0.1, 0.15) is 49.6 Å². The minimum Gasteiger partial charge on any atom is -0.376 e. The largest absolute Gasteiger partial charge is 0.376 e. The first-order valence-corrected chi connectivity index (χ1v) is 10.6. The van der Waals surface area contributed by atoms with Crippen molar-refractivity contribution < 1.29 is 9.53 Å². The van der Waals surface area contributed by atoms with Gasteiger partial charge in [-0.2, -0.15) is 5.10 Å². The number of amides is 1. The Hall–Kier alpha value is -3.13. The van der Waals surface area contributed by atoms with Gasteiger partial charge in [-0.3, -0.25) is 9.48 Å². The van der Waals surface area contributed by atoms with Crippen molar-refractivity contribution in [2.75, 3.05) is 5.32 Å². The SMILES string of the molecule is Cc1nn(CC(=O)Nc2ccc(-c3ncccn3)cn2)c(C)c1C1CC(C)OC(C)C1. The first kappa shape index (κ1) is 21.1. The molecule has 1 fully saturated rings. The number of pyridine rings is 1. The molecule has 2 unspecified atom stereocenters. The number of aryl methyl sites for hydroxylation is 1. The molecule has 8 heteroatoms. The molecular weight excluding hydrogens is 392 g/mol. The van der Waals surface area contributed by atoms with E-state index in [0.717, 1.165) is 29.8 Å². The molecule has 0 bridgehead atoms. The Bertz CT molecular complexity index is 1040. The first-order valence-electron chi connectivity index (χ1n) is 10.6. The van der Waals surface area contributed by atoms with Crippen LogP contribution in [0.5, 0.6) is 0 Å². The molecule has 2 atom stereocenters. The Morgan fingerprint density at radius 2 is 1.84 bits per heavy atom. The zero-order valence-corrected chi connectivity index (χ0v) is 18.4. The van der Waals surface area contributed by atoms with Crippen LogP contribution in [0.25, 0.3) is 11.4 Å². The second-order valence-electron chi connectivity index (χ2n) is 8.22. The predicted molar refractivity (Wildman–Crippen MR) is 118 cm³/mol. The zero-order valence-electron chi connectivity index (χ0n) is 18.4. The lowest BCUT2D eigenvalue weighted by Gasteiger charge is -2.32. The Morgan fingerprint density at radius 1 is 1.13 bits per heavy atom. The fourth-order valence-corrected chi connectivity index (χ4v) is 4.46. The third kappa shape index (κ3) is 4.80. The number of carbonyl (C=O) groups is 1. The van der Waals surface area contributed by atoms with E-state index in [4.69, 9.17) is 4.74 Å². The van der Waals surface area contributed by atoms with Gasteiger partial charge in [-0.05, 0) is 70.2 Å². The summed E-state index contributed by atoms with van der Waals surface area (Å²) in [5, 5.41) is 7.50.